The Labute approximate surface area is 115 Å². The van der Waals surface area contributed by atoms with Gasteiger partial charge in [-0.3, -0.25) is 9.59 Å². The minimum atomic E-state index is -0.966. The number of aldehydes is 1. The number of carbonyl (C=O) groups excluding carboxylic acids is 1. The number of benzene rings is 1. The second kappa shape index (κ2) is 7.33. The summed E-state index contributed by atoms with van der Waals surface area (Å²) in [5.41, 5.74) is 0.0105. The van der Waals surface area contributed by atoms with Crippen molar-refractivity contribution in [2.45, 2.75) is 20.4 Å². The van der Waals surface area contributed by atoms with Crippen LogP contribution in [0.1, 0.15) is 29.8 Å². The number of nitrogens with zero attached hydrogens (tertiary/aromatic N) is 1. The Balaban J connectivity index is 0.000000956. The summed E-state index contributed by atoms with van der Waals surface area (Å²) in [5.74, 6) is -1.90. The minimum absolute atomic E-state index is 0.0279. The van der Waals surface area contributed by atoms with Crippen LogP contribution in [-0.2, 0) is 6.54 Å². The zero-order valence-electron chi connectivity index (χ0n) is 11.3. The summed E-state index contributed by atoms with van der Waals surface area (Å²) in [6.07, 6.45) is 1.95. The highest BCUT2D eigenvalue weighted by Gasteiger charge is 2.05. The van der Waals surface area contributed by atoms with Crippen LogP contribution >= 0.6 is 0 Å². The molecule has 0 radical (unpaired) electrons. The van der Waals surface area contributed by atoms with Crippen molar-refractivity contribution in [2.75, 3.05) is 0 Å². The Hall–Kier alpha value is -2.30. The fourth-order valence-electron chi connectivity index (χ4n) is 1.60. The van der Waals surface area contributed by atoms with Crippen molar-refractivity contribution in [1.29, 1.82) is 0 Å². The first-order chi connectivity index (χ1) is 9.61. The molecule has 1 aromatic carbocycles. The molecule has 0 saturated heterocycles. The topological polar surface area (TPSA) is 39.1 Å². The molecule has 0 N–H and O–H groups in total. The zero-order valence-corrected chi connectivity index (χ0v) is 11.3. The van der Waals surface area contributed by atoms with Gasteiger partial charge in [-0.05, 0) is 29.8 Å². The Morgan fingerprint density at radius 1 is 1.15 bits per heavy atom. The molecule has 5 heteroatoms. The van der Waals surface area contributed by atoms with E-state index in [1.165, 1.54) is 22.9 Å². The molecule has 0 unspecified atom stereocenters. The monoisotopic (exact) mass is 279 g/mol. The van der Waals surface area contributed by atoms with Crippen LogP contribution in [0.4, 0.5) is 8.78 Å². The van der Waals surface area contributed by atoms with Gasteiger partial charge in [0, 0.05) is 6.20 Å². The molecule has 2 rings (SSSR count). The van der Waals surface area contributed by atoms with Crippen LogP contribution < -0.4 is 5.56 Å². The second-order valence-electron chi connectivity index (χ2n) is 3.76. The molecule has 0 amide bonds. The van der Waals surface area contributed by atoms with Crippen molar-refractivity contribution in [1.82, 2.24) is 4.57 Å². The maximum atomic E-state index is 13.0. The first-order valence-corrected chi connectivity index (χ1v) is 6.20. The van der Waals surface area contributed by atoms with Gasteiger partial charge in [0.15, 0.2) is 17.9 Å². The van der Waals surface area contributed by atoms with Crippen molar-refractivity contribution in [3.63, 3.8) is 0 Å². The van der Waals surface area contributed by atoms with Gasteiger partial charge in [0.05, 0.1) is 12.1 Å². The van der Waals surface area contributed by atoms with Crippen LogP contribution in [0.25, 0.3) is 0 Å². The van der Waals surface area contributed by atoms with E-state index in [9.17, 15) is 18.4 Å². The predicted molar refractivity (Wildman–Crippen MR) is 72.9 cm³/mol. The SMILES string of the molecule is CC.O=Cc1cccn(Cc2ccc(F)c(F)c2)c1=O. The van der Waals surface area contributed by atoms with Crippen molar-refractivity contribution < 1.29 is 13.6 Å². The van der Waals surface area contributed by atoms with Crippen LogP contribution in [0.2, 0.25) is 0 Å². The molecule has 3 nitrogen and oxygen atoms in total. The quantitative estimate of drug-likeness (QED) is 0.810. The number of hydrogen-bond acceptors (Lipinski definition) is 2. The third kappa shape index (κ3) is 3.60. The molecule has 2 aromatic rings. The summed E-state index contributed by atoms with van der Waals surface area (Å²) < 4.78 is 27.0. The van der Waals surface area contributed by atoms with E-state index in [0.717, 1.165) is 12.1 Å². The molecule has 0 atom stereocenters. The fourth-order valence-corrected chi connectivity index (χ4v) is 1.60. The molecular formula is C15H15F2NO2. The van der Waals surface area contributed by atoms with E-state index in [1.807, 2.05) is 13.8 Å². The summed E-state index contributed by atoms with van der Waals surface area (Å²) in [6.45, 7) is 4.08. The normalized spacial score (nSPS) is 9.60. The largest absolute Gasteiger partial charge is 0.310 e. The van der Waals surface area contributed by atoms with Crippen LogP contribution in [0, 0.1) is 11.6 Å². The van der Waals surface area contributed by atoms with E-state index >= 15 is 0 Å². The summed E-state index contributed by atoms with van der Waals surface area (Å²) in [7, 11) is 0. The van der Waals surface area contributed by atoms with Crippen molar-refractivity contribution in [3.05, 3.63) is 69.6 Å². The lowest BCUT2D eigenvalue weighted by molar-refractivity contribution is 0.112. The van der Waals surface area contributed by atoms with E-state index in [0.29, 0.717) is 11.8 Å². The molecule has 106 valence electrons. The average molecular weight is 279 g/mol. The average Bonchev–Trinajstić information content (AvgIpc) is 2.47. The van der Waals surface area contributed by atoms with Gasteiger partial charge in [-0.1, -0.05) is 19.9 Å². The Morgan fingerprint density at radius 2 is 1.85 bits per heavy atom. The number of hydrogen-bond donors (Lipinski definition) is 0. The highest BCUT2D eigenvalue weighted by Crippen LogP contribution is 2.09. The fraction of sp³-hybridized carbons (Fsp3) is 0.200. The molecule has 0 fully saturated rings. The third-order valence-corrected chi connectivity index (χ3v) is 2.51. The number of pyridine rings is 1. The smallest absolute Gasteiger partial charge is 0.261 e. The van der Waals surface area contributed by atoms with Gasteiger partial charge in [-0.25, -0.2) is 8.78 Å². The summed E-state index contributed by atoms with van der Waals surface area (Å²) in [5, 5.41) is 0. The van der Waals surface area contributed by atoms with Crippen LogP contribution in [0.3, 0.4) is 0 Å². The van der Waals surface area contributed by atoms with E-state index in [2.05, 4.69) is 0 Å². The molecule has 1 heterocycles. The molecule has 1 aromatic heterocycles. The zero-order chi connectivity index (χ0) is 15.1. The maximum absolute atomic E-state index is 13.0. The van der Waals surface area contributed by atoms with Crippen LogP contribution in [0.5, 0.6) is 0 Å². The lowest BCUT2D eigenvalue weighted by Crippen LogP contribution is -2.23. The third-order valence-electron chi connectivity index (χ3n) is 2.51. The summed E-state index contributed by atoms with van der Waals surface area (Å²) in [4.78, 5) is 22.3. The van der Waals surface area contributed by atoms with E-state index < -0.39 is 17.2 Å². The van der Waals surface area contributed by atoms with Gasteiger partial charge in [-0.2, -0.15) is 0 Å². The number of aromatic nitrogens is 1. The van der Waals surface area contributed by atoms with Crippen molar-refractivity contribution in [3.8, 4) is 0 Å². The van der Waals surface area contributed by atoms with Crippen LogP contribution in [-0.4, -0.2) is 10.9 Å². The number of halogens is 2. The molecule has 0 aliphatic rings. The standard InChI is InChI=1S/C13H9F2NO2.C2H6/c14-11-4-3-9(6-12(11)15)7-16-5-1-2-10(8-17)13(16)18;1-2/h1-6,8H,7H2;1-2H3. The first-order valence-electron chi connectivity index (χ1n) is 6.20. The minimum Gasteiger partial charge on any atom is -0.310 e. The lowest BCUT2D eigenvalue weighted by atomic mass is 10.2. The van der Waals surface area contributed by atoms with Gasteiger partial charge < -0.3 is 4.57 Å². The summed E-state index contributed by atoms with van der Waals surface area (Å²) >= 11 is 0. The molecule has 0 aliphatic carbocycles. The highest BCUT2D eigenvalue weighted by atomic mass is 19.2. The Morgan fingerprint density at radius 3 is 2.45 bits per heavy atom. The van der Waals surface area contributed by atoms with Crippen molar-refractivity contribution in [2.24, 2.45) is 0 Å². The number of rotatable bonds is 3. The van der Waals surface area contributed by atoms with Gasteiger partial charge in [-0.15, -0.1) is 0 Å². The van der Waals surface area contributed by atoms with Gasteiger partial charge >= 0.3 is 0 Å². The predicted octanol–water partition coefficient (Wildman–Crippen LogP) is 3.01. The first kappa shape index (κ1) is 15.8. The molecular weight excluding hydrogens is 264 g/mol. The van der Waals surface area contributed by atoms with E-state index in [4.69, 9.17) is 0 Å². The Kier molecular flexibility index (Phi) is 5.77. The molecule has 0 spiro atoms. The molecule has 0 bridgehead atoms. The molecule has 0 saturated carbocycles. The number of carbonyl (C=O) groups is 1. The molecule has 0 aliphatic heterocycles. The Bertz CT molecular complexity index is 651. The summed E-state index contributed by atoms with van der Waals surface area (Å²) in [6, 6.07) is 6.36. The van der Waals surface area contributed by atoms with Crippen LogP contribution in [0.15, 0.2) is 41.3 Å². The highest BCUT2D eigenvalue weighted by molar-refractivity contribution is 5.73. The molecule has 20 heavy (non-hydrogen) atoms. The lowest BCUT2D eigenvalue weighted by Gasteiger charge is -2.06. The van der Waals surface area contributed by atoms with Gasteiger partial charge in [0.25, 0.3) is 5.56 Å². The van der Waals surface area contributed by atoms with Gasteiger partial charge in [0.1, 0.15) is 0 Å². The maximum Gasteiger partial charge on any atom is 0.261 e. The van der Waals surface area contributed by atoms with Gasteiger partial charge in [0.2, 0.25) is 0 Å². The van der Waals surface area contributed by atoms with E-state index in [1.54, 1.807) is 6.07 Å². The second-order valence-corrected chi connectivity index (χ2v) is 3.76. The van der Waals surface area contributed by atoms with Crippen molar-refractivity contribution >= 4 is 6.29 Å². The van der Waals surface area contributed by atoms with E-state index in [-0.39, 0.29) is 12.1 Å².